The predicted molar refractivity (Wildman–Crippen MR) is 100 cm³/mol. The zero-order valence-electron chi connectivity index (χ0n) is 13.6. The summed E-state index contributed by atoms with van der Waals surface area (Å²) < 4.78 is 0.828. The molecule has 5 nitrogen and oxygen atoms in total. The molecule has 3 aromatic rings. The van der Waals surface area contributed by atoms with Crippen molar-refractivity contribution in [3.8, 4) is 11.4 Å². The summed E-state index contributed by atoms with van der Waals surface area (Å²) in [7, 11) is 0. The number of aromatic amines is 1. The maximum atomic E-state index is 12.6. The van der Waals surface area contributed by atoms with Crippen LogP contribution in [-0.4, -0.2) is 26.4 Å². The van der Waals surface area contributed by atoms with E-state index in [1.54, 1.807) is 0 Å². The second kappa shape index (κ2) is 6.90. The van der Waals surface area contributed by atoms with E-state index in [-0.39, 0.29) is 5.56 Å². The van der Waals surface area contributed by atoms with Gasteiger partial charge in [0.25, 0.3) is 5.56 Å². The van der Waals surface area contributed by atoms with Gasteiger partial charge in [-0.1, -0.05) is 36.4 Å². The molecule has 0 saturated carbocycles. The Bertz CT molecular complexity index is 955. The summed E-state index contributed by atoms with van der Waals surface area (Å²) in [5, 5.41) is 0. The van der Waals surface area contributed by atoms with E-state index in [0.717, 1.165) is 46.6 Å². The minimum atomic E-state index is -0.0456. The SMILES string of the molecule is O=c1[nH]c(-c2ccccc2)nc2c1CN(Cc1cccc(Br)n1)CC2. The molecular formula is C19H17BrN4O. The molecule has 0 spiro atoms. The molecule has 6 heteroatoms. The molecule has 1 aliphatic heterocycles. The Hall–Kier alpha value is -2.31. The van der Waals surface area contributed by atoms with Gasteiger partial charge in [-0.25, -0.2) is 9.97 Å². The maximum Gasteiger partial charge on any atom is 0.255 e. The second-order valence-corrected chi connectivity index (χ2v) is 6.93. The monoisotopic (exact) mass is 396 g/mol. The van der Waals surface area contributed by atoms with Crippen LogP contribution in [-0.2, 0) is 19.5 Å². The fourth-order valence-corrected chi connectivity index (χ4v) is 3.50. The third kappa shape index (κ3) is 3.55. The maximum absolute atomic E-state index is 12.6. The first kappa shape index (κ1) is 16.2. The lowest BCUT2D eigenvalue weighted by Gasteiger charge is -2.27. The van der Waals surface area contributed by atoms with Crippen molar-refractivity contribution in [2.45, 2.75) is 19.5 Å². The quantitative estimate of drug-likeness (QED) is 0.690. The molecule has 0 fully saturated rings. The van der Waals surface area contributed by atoms with Crippen molar-refractivity contribution in [1.82, 2.24) is 19.9 Å². The van der Waals surface area contributed by atoms with Crippen LogP contribution in [0.4, 0.5) is 0 Å². The summed E-state index contributed by atoms with van der Waals surface area (Å²) in [5.74, 6) is 0.645. The molecular weight excluding hydrogens is 380 g/mol. The number of aromatic nitrogens is 3. The predicted octanol–water partition coefficient (Wildman–Crippen LogP) is 3.15. The lowest BCUT2D eigenvalue weighted by atomic mass is 10.1. The highest BCUT2D eigenvalue weighted by atomic mass is 79.9. The fraction of sp³-hybridized carbons (Fsp3) is 0.211. The molecule has 126 valence electrons. The van der Waals surface area contributed by atoms with E-state index in [1.165, 1.54) is 0 Å². The van der Waals surface area contributed by atoms with Crippen LogP contribution < -0.4 is 5.56 Å². The van der Waals surface area contributed by atoms with E-state index in [2.05, 4.69) is 30.8 Å². The van der Waals surface area contributed by atoms with Gasteiger partial charge in [-0.3, -0.25) is 9.69 Å². The third-order valence-electron chi connectivity index (χ3n) is 4.35. The highest BCUT2D eigenvalue weighted by Gasteiger charge is 2.21. The van der Waals surface area contributed by atoms with E-state index >= 15 is 0 Å². The first-order valence-corrected chi connectivity index (χ1v) is 8.99. The van der Waals surface area contributed by atoms with Crippen LogP contribution in [0.3, 0.4) is 0 Å². The number of benzene rings is 1. The van der Waals surface area contributed by atoms with Gasteiger partial charge in [-0.05, 0) is 28.1 Å². The first-order chi connectivity index (χ1) is 12.2. The smallest absolute Gasteiger partial charge is 0.255 e. The van der Waals surface area contributed by atoms with Crippen LogP contribution >= 0.6 is 15.9 Å². The topological polar surface area (TPSA) is 61.9 Å². The molecule has 1 aromatic carbocycles. The Morgan fingerprint density at radius 2 is 1.92 bits per heavy atom. The van der Waals surface area contributed by atoms with E-state index in [9.17, 15) is 4.79 Å². The van der Waals surface area contributed by atoms with Crippen molar-refractivity contribution in [3.05, 3.63) is 80.4 Å². The molecule has 0 aliphatic carbocycles. The fourth-order valence-electron chi connectivity index (χ4n) is 3.12. The van der Waals surface area contributed by atoms with Crippen molar-refractivity contribution in [1.29, 1.82) is 0 Å². The zero-order chi connectivity index (χ0) is 17.2. The summed E-state index contributed by atoms with van der Waals surface area (Å²) in [6.07, 6.45) is 0.771. The van der Waals surface area contributed by atoms with Gasteiger partial charge in [-0.15, -0.1) is 0 Å². The van der Waals surface area contributed by atoms with Crippen LogP contribution in [0.25, 0.3) is 11.4 Å². The average Bonchev–Trinajstić information content (AvgIpc) is 2.63. The van der Waals surface area contributed by atoms with Crippen molar-refractivity contribution in [3.63, 3.8) is 0 Å². The summed E-state index contributed by atoms with van der Waals surface area (Å²) in [6, 6.07) is 15.6. The lowest BCUT2D eigenvalue weighted by Crippen LogP contribution is -2.35. The van der Waals surface area contributed by atoms with Gasteiger partial charge >= 0.3 is 0 Å². The molecule has 1 N–H and O–H groups in total. The lowest BCUT2D eigenvalue weighted by molar-refractivity contribution is 0.239. The number of nitrogens with one attached hydrogen (secondary N) is 1. The minimum Gasteiger partial charge on any atom is -0.306 e. The largest absolute Gasteiger partial charge is 0.306 e. The molecule has 0 bridgehead atoms. The molecule has 0 unspecified atom stereocenters. The van der Waals surface area contributed by atoms with Gasteiger partial charge in [0.05, 0.1) is 17.0 Å². The molecule has 0 amide bonds. The Kier molecular flexibility index (Phi) is 4.46. The first-order valence-electron chi connectivity index (χ1n) is 8.20. The molecule has 1 aliphatic rings. The van der Waals surface area contributed by atoms with Crippen molar-refractivity contribution >= 4 is 15.9 Å². The minimum absolute atomic E-state index is 0.0456. The molecule has 0 atom stereocenters. The van der Waals surface area contributed by atoms with E-state index in [0.29, 0.717) is 12.4 Å². The number of nitrogens with zero attached hydrogens (tertiary/aromatic N) is 3. The standard InChI is InChI=1S/C19H17BrN4O/c20-17-8-4-7-14(21-17)11-24-10-9-16-15(12-24)19(25)23-18(22-16)13-5-2-1-3-6-13/h1-8H,9-12H2,(H,22,23,25). The average molecular weight is 397 g/mol. The number of halogens is 1. The number of fused-ring (bicyclic) bond motifs is 1. The van der Waals surface area contributed by atoms with Gasteiger partial charge < -0.3 is 4.98 Å². The molecule has 25 heavy (non-hydrogen) atoms. The van der Waals surface area contributed by atoms with Crippen LogP contribution in [0, 0.1) is 0 Å². The third-order valence-corrected chi connectivity index (χ3v) is 4.79. The van der Waals surface area contributed by atoms with E-state index in [4.69, 9.17) is 4.98 Å². The van der Waals surface area contributed by atoms with Gasteiger partial charge in [-0.2, -0.15) is 0 Å². The highest BCUT2D eigenvalue weighted by molar-refractivity contribution is 9.10. The summed E-state index contributed by atoms with van der Waals surface area (Å²) >= 11 is 3.40. The Labute approximate surface area is 153 Å². The Balaban J connectivity index is 1.58. The second-order valence-electron chi connectivity index (χ2n) is 6.12. The number of hydrogen-bond donors (Lipinski definition) is 1. The number of H-pyrrole nitrogens is 1. The van der Waals surface area contributed by atoms with Gasteiger partial charge in [0.15, 0.2) is 0 Å². The van der Waals surface area contributed by atoms with E-state index in [1.807, 2.05) is 48.5 Å². The molecule has 2 aromatic heterocycles. The van der Waals surface area contributed by atoms with Gasteiger partial charge in [0, 0.05) is 31.6 Å². The molecule has 4 rings (SSSR count). The zero-order valence-corrected chi connectivity index (χ0v) is 15.2. The van der Waals surface area contributed by atoms with Crippen molar-refractivity contribution in [2.75, 3.05) is 6.54 Å². The van der Waals surface area contributed by atoms with Gasteiger partial charge in [0.2, 0.25) is 0 Å². The van der Waals surface area contributed by atoms with Crippen LogP contribution in [0.5, 0.6) is 0 Å². The summed E-state index contributed by atoms with van der Waals surface area (Å²) in [4.78, 5) is 26.9. The number of pyridine rings is 1. The molecule has 3 heterocycles. The van der Waals surface area contributed by atoms with Crippen molar-refractivity contribution < 1.29 is 0 Å². The Morgan fingerprint density at radius 1 is 1.08 bits per heavy atom. The number of rotatable bonds is 3. The normalized spacial score (nSPS) is 14.3. The Morgan fingerprint density at radius 3 is 2.72 bits per heavy atom. The van der Waals surface area contributed by atoms with Crippen LogP contribution in [0.15, 0.2) is 57.9 Å². The van der Waals surface area contributed by atoms with E-state index < -0.39 is 0 Å². The number of hydrogen-bond acceptors (Lipinski definition) is 4. The van der Waals surface area contributed by atoms with Crippen LogP contribution in [0.2, 0.25) is 0 Å². The molecule has 0 saturated heterocycles. The molecule has 0 radical (unpaired) electrons. The summed E-state index contributed by atoms with van der Waals surface area (Å²) in [5.41, 5.74) is 3.55. The summed E-state index contributed by atoms with van der Waals surface area (Å²) in [6.45, 7) is 2.19. The highest BCUT2D eigenvalue weighted by Crippen LogP contribution is 2.19. The van der Waals surface area contributed by atoms with Gasteiger partial charge in [0.1, 0.15) is 10.4 Å². The van der Waals surface area contributed by atoms with Crippen molar-refractivity contribution in [2.24, 2.45) is 0 Å². The van der Waals surface area contributed by atoms with Crippen LogP contribution in [0.1, 0.15) is 17.0 Å².